The van der Waals surface area contributed by atoms with Gasteiger partial charge in [0.05, 0.1) is 0 Å². The van der Waals surface area contributed by atoms with Crippen LogP contribution in [0.3, 0.4) is 0 Å². The molecular weight excluding hydrogens is 488 g/mol. The van der Waals surface area contributed by atoms with Gasteiger partial charge in [0.2, 0.25) is 23.6 Å². The quantitative estimate of drug-likeness (QED) is 0.352. The normalized spacial score (nSPS) is 24.8. The Morgan fingerprint density at radius 3 is 2.42 bits per heavy atom. The molecular formula is C28H40N4O6. The number of amides is 4. The number of aliphatic hydroxyl groups excluding tert-OH is 1. The van der Waals surface area contributed by atoms with E-state index in [4.69, 9.17) is 0 Å². The molecule has 2 aliphatic heterocycles. The summed E-state index contributed by atoms with van der Waals surface area (Å²) in [6.45, 7) is 4.96. The fourth-order valence-electron chi connectivity index (χ4n) is 4.91. The molecule has 0 radical (unpaired) electrons. The first kappa shape index (κ1) is 29.3. The summed E-state index contributed by atoms with van der Waals surface area (Å²) in [6, 6.07) is 6.85. The number of ketones is 1. The van der Waals surface area contributed by atoms with Crippen LogP contribution in [0.15, 0.2) is 30.3 Å². The number of benzene rings is 1. The minimum Gasteiger partial charge on any atom is -0.386 e. The second kappa shape index (κ2) is 13.0. The maximum absolute atomic E-state index is 13.6. The van der Waals surface area contributed by atoms with Gasteiger partial charge in [-0.25, -0.2) is 0 Å². The number of carbonyl (C=O) groups excluding carboxylic acids is 5. The van der Waals surface area contributed by atoms with E-state index in [1.807, 2.05) is 30.3 Å². The van der Waals surface area contributed by atoms with Crippen molar-refractivity contribution in [2.24, 2.45) is 0 Å². The van der Waals surface area contributed by atoms with Gasteiger partial charge < -0.3 is 26.0 Å². The monoisotopic (exact) mass is 528 g/mol. The molecule has 2 aliphatic rings. The molecule has 10 nitrogen and oxygen atoms in total. The molecule has 4 N–H and O–H groups in total. The molecule has 2 saturated heterocycles. The van der Waals surface area contributed by atoms with Gasteiger partial charge in [0.15, 0.2) is 5.78 Å². The van der Waals surface area contributed by atoms with E-state index in [-0.39, 0.29) is 30.4 Å². The van der Waals surface area contributed by atoms with E-state index < -0.39 is 41.6 Å². The Kier molecular flexibility index (Phi) is 10.0. The van der Waals surface area contributed by atoms with Crippen molar-refractivity contribution in [2.75, 3.05) is 6.54 Å². The topological polar surface area (TPSA) is 145 Å². The van der Waals surface area contributed by atoms with Crippen molar-refractivity contribution in [3.05, 3.63) is 35.9 Å². The number of hydrogen-bond donors (Lipinski definition) is 4. The fraction of sp³-hybridized carbons (Fsp3) is 0.607. The van der Waals surface area contributed by atoms with Crippen LogP contribution in [0.25, 0.3) is 0 Å². The van der Waals surface area contributed by atoms with Crippen molar-refractivity contribution < 1.29 is 29.1 Å². The van der Waals surface area contributed by atoms with Crippen LogP contribution in [0, 0.1) is 0 Å². The third-order valence-electron chi connectivity index (χ3n) is 7.24. The van der Waals surface area contributed by atoms with Crippen LogP contribution in [0.5, 0.6) is 0 Å². The molecule has 0 unspecified atom stereocenters. The number of aliphatic hydroxyl groups is 1. The Morgan fingerprint density at radius 2 is 1.74 bits per heavy atom. The molecule has 2 fully saturated rings. The molecule has 10 heteroatoms. The SMILES string of the molecule is C[C@@H](O)C(=O)CCCCC[C@@H]1NC(=O)[C@@H]2CCCN2C(=O)[C@H](Cc2ccccc2)NC(=O)C(C)(C)NC1=O. The molecule has 208 valence electrons. The van der Waals surface area contributed by atoms with Crippen molar-refractivity contribution >= 4 is 29.4 Å². The highest BCUT2D eigenvalue weighted by Crippen LogP contribution is 2.21. The van der Waals surface area contributed by atoms with Gasteiger partial charge in [-0.1, -0.05) is 43.2 Å². The largest absolute Gasteiger partial charge is 0.386 e. The van der Waals surface area contributed by atoms with Gasteiger partial charge in [-0.3, -0.25) is 24.0 Å². The maximum Gasteiger partial charge on any atom is 0.246 e. The summed E-state index contributed by atoms with van der Waals surface area (Å²) in [5, 5.41) is 17.8. The second-order valence-corrected chi connectivity index (χ2v) is 10.8. The molecule has 1 aromatic carbocycles. The molecule has 3 rings (SSSR count). The van der Waals surface area contributed by atoms with Crippen LogP contribution >= 0.6 is 0 Å². The molecule has 0 aliphatic carbocycles. The first-order valence-electron chi connectivity index (χ1n) is 13.5. The lowest BCUT2D eigenvalue weighted by atomic mass is 9.98. The van der Waals surface area contributed by atoms with Gasteiger partial charge in [0, 0.05) is 19.4 Å². The van der Waals surface area contributed by atoms with E-state index in [0.29, 0.717) is 45.1 Å². The highest BCUT2D eigenvalue weighted by Gasteiger charge is 2.42. The van der Waals surface area contributed by atoms with Gasteiger partial charge in [0.25, 0.3) is 0 Å². The predicted molar refractivity (Wildman–Crippen MR) is 141 cm³/mol. The highest BCUT2D eigenvalue weighted by atomic mass is 16.3. The van der Waals surface area contributed by atoms with Gasteiger partial charge in [-0.2, -0.15) is 0 Å². The molecule has 0 spiro atoms. The van der Waals surface area contributed by atoms with Crippen LogP contribution in [0.2, 0.25) is 0 Å². The van der Waals surface area contributed by atoms with Gasteiger partial charge in [-0.05, 0) is 52.0 Å². The summed E-state index contributed by atoms with van der Waals surface area (Å²) in [7, 11) is 0. The summed E-state index contributed by atoms with van der Waals surface area (Å²) < 4.78 is 0. The lowest BCUT2D eigenvalue weighted by Crippen LogP contribution is -2.64. The first-order chi connectivity index (χ1) is 18.0. The van der Waals surface area contributed by atoms with Crippen molar-refractivity contribution in [3.63, 3.8) is 0 Å². The van der Waals surface area contributed by atoms with Crippen LogP contribution < -0.4 is 16.0 Å². The van der Waals surface area contributed by atoms with Crippen LogP contribution in [0.1, 0.15) is 71.3 Å². The maximum atomic E-state index is 13.6. The lowest BCUT2D eigenvalue weighted by molar-refractivity contribution is -0.144. The minimum atomic E-state index is -1.33. The van der Waals surface area contributed by atoms with Crippen LogP contribution in [-0.4, -0.2) is 75.7 Å². The molecule has 0 saturated carbocycles. The number of unbranched alkanes of at least 4 members (excludes halogenated alkanes) is 2. The summed E-state index contributed by atoms with van der Waals surface area (Å²) in [5.41, 5.74) is -0.460. The van der Waals surface area contributed by atoms with E-state index >= 15 is 0 Å². The van der Waals surface area contributed by atoms with Crippen molar-refractivity contribution in [1.82, 2.24) is 20.9 Å². The number of rotatable bonds is 9. The molecule has 38 heavy (non-hydrogen) atoms. The predicted octanol–water partition coefficient (Wildman–Crippen LogP) is 0.999. The lowest BCUT2D eigenvalue weighted by Gasteiger charge is -2.34. The highest BCUT2D eigenvalue weighted by molar-refractivity contribution is 5.99. The number of fused-ring (bicyclic) bond motifs is 1. The summed E-state index contributed by atoms with van der Waals surface area (Å²) in [6.07, 6.45) is 2.72. The zero-order chi connectivity index (χ0) is 27.9. The number of Topliss-reactive ketones (excluding diaryl/α,β-unsaturated/α-hetero) is 1. The Morgan fingerprint density at radius 1 is 1.03 bits per heavy atom. The Balaban J connectivity index is 1.78. The van der Waals surface area contributed by atoms with E-state index in [2.05, 4.69) is 16.0 Å². The third-order valence-corrected chi connectivity index (χ3v) is 7.24. The Labute approximate surface area is 223 Å². The number of nitrogens with zero attached hydrogens (tertiary/aromatic N) is 1. The van der Waals surface area contributed by atoms with Gasteiger partial charge in [0.1, 0.15) is 29.8 Å². The zero-order valence-electron chi connectivity index (χ0n) is 22.5. The minimum absolute atomic E-state index is 0.230. The third kappa shape index (κ3) is 7.63. The Bertz CT molecular complexity index is 1030. The standard InChI is InChI=1S/C28H40N4O6/c1-18(33)23(34)15-9-5-8-13-20-24(35)31-28(2,3)27(38)30-21(17-19-11-6-4-7-12-19)26(37)32-16-10-14-22(32)25(36)29-20/h4,6-7,11-12,18,20-22,33H,5,8-10,13-17H2,1-3H3,(H,29,36)(H,30,38)(H,31,35)/t18-,20+,21+,22+/m1/s1. The van der Waals surface area contributed by atoms with Crippen LogP contribution in [0.4, 0.5) is 0 Å². The van der Waals surface area contributed by atoms with Crippen molar-refractivity contribution in [1.29, 1.82) is 0 Å². The molecule has 4 amide bonds. The summed E-state index contributed by atoms with van der Waals surface area (Å²) in [5.74, 6) is -1.90. The number of nitrogens with one attached hydrogen (secondary N) is 3. The van der Waals surface area contributed by atoms with E-state index in [9.17, 15) is 29.1 Å². The second-order valence-electron chi connectivity index (χ2n) is 10.8. The van der Waals surface area contributed by atoms with Crippen molar-refractivity contribution in [2.45, 2.75) is 102 Å². The smallest absolute Gasteiger partial charge is 0.246 e. The summed E-state index contributed by atoms with van der Waals surface area (Å²) in [4.78, 5) is 66.7. The molecule has 1 aromatic rings. The number of carbonyl (C=O) groups is 5. The van der Waals surface area contributed by atoms with E-state index in [1.54, 1.807) is 13.8 Å². The molecule has 0 aromatic heterocycles. The van der Waals surface area contributed by atoms with Gasteiger partial charge >= 0.3 is 0 Å². The van der Waals surface area contributed by atoms with E-state index in [0.717, 1.165) is 5.56 Å². The van der Waals surface area contributed by atoms with Crippen molar-refractivity contribution in [3.8, 4) is 0 Å². The molecule has 4 atom stereocenters. The first-order valence-corrected chi connectivity index (χ1v) is 13.5. The molecule has 2 heterocycles. The van der Waals surface area contributed by atoms with E-state index in [1.165, 1.54) is 11.8 Å². The molecule has 0 bridgehead atoms. The van der Waals surface area contributed by atoms with Crippen LogP contribution in [-0.2, 0) is 30.4 Å². The average Bonchev–Trinajstić information content (AvgIpc) is 3.36. The number of hydrogen-bond acceptors (Lipinski definition) is 6. The van der Waals surface area contributed by atoms with Gasteiger partial charge in [-0.15, -0.1) is 0 Å². The fourth-order valence-corrected chi connectivity index (χ4v) is 4.91. The average molecular weight is 529 g/mol. The summed E-state index contributed by atoms with van der Waals surface area (Å²) >= 11 is 0. The zero-order valence-corrected chi connectivity index (χ0v) is 22.5. The Hall–Kier alpha value is -3.27.